The summed E-state index contributed by atoms with van der Waals surface area (Å²) in [5.74, 6) is 2.33. The van der Waals surface area contributed by atoms with Crippen LogP contribution in [-0.4, -0.2) is 45.3 Å². The number of piperidine rings is 1. The summed E-state index contributed by atoms with van der Waals surface area (Å²) in [5.41, 5.74) is 0.418. The van der Waals surface area contributed by atoms with Crippen LogP contribution in [0.25, 0.3) is 5.65 Å². The Morgan fingerprint density at radius 1 is 1.40 bits per heavy atom. The van der Waals surface area contributed by atoms with Crippen LogP contribution in [0.4, 0.5) is 5.82 Å². The molecule has 0 saturated carbocycles. The molecule has 4 rings (SSSR count). The molecule has 0 bridgehead atoms. The molecule has 0 aromatic carbocycles. The van der Waals surface area contributed by atoms with E-state index in [0.29, 0.717) is 23.4 Å². The molecule has 2 aliphatic rings. The Hall–Kier alpha value is -1.89. The number of nitrogens with one attached hydrogen (secondary N) is 2. The summed E-state index contributed by atoms with van der Waals surface area (Å²) in [6.45, 7) is 5.00. The number of aromatic nitrogens is 4. The van der Waals surface area contributed by atoms with Crippen LogP contribution in [0.1, 0.15) is 18.7 Å². The third-order valence-electron chi connectivity index (χ3n) is 4.53. The van der Waals surface area contributed by atoms with Crippen molar-refractivity contribution in [1.82, 2.24) is 24.9 Å². The molecule has 2 N–H and O–H groups in total. The number of H-pyrrole nitrogens is 1. The van der Waals surface area contributed by atoms with Gasteiger partial charge >= 0.3 is 5.69 Å². The molecule has 0 spiro atoms. The summed E-state index contributed by atoms with van der Waals surface area (Å²) in [7, 11) is 0. The quantitative estimate of drug-likeness (QED) is 0.760. The highest BCUT2D eigenvalue weighted by molar-refractivity contribution is 5.52. The molecule has 0 aliphatic carbocycles. The Kier molecular flexibility index (Phi) is 2.56. The van der Waals surface area contributed by atoms with Gasteiger partial charge in [-0.1, -0.05) is 0 Å². The molecule has 2 aliphatic heterocycles. The van der Waals surface area contributed by atoms with Crippen molar-refractivity contribution in [3.8, 4) is 0 Å². The van der Waals surface area contributed by atoms with E-state index in [0.717, 1.165) is 25.5 Å². The first-order chi connectivity index (χ1) is 9.74. The van der Waals surface area contributed by atoms with Crippen molar-refractivity contribution >= 4 is 11.5 Å². The Bertz CT molecular complexity index is 704. The summed E-state index contributed by atoms with van der Waals surface area (Å²) in [5, 5.41) is 10.0. The fourth-order valence-electron chi connectivity index (χ4n) is 3.58. The lowest BCUT2D eigenvalue weighted by Gasteiger charge is -2.38. The van der Waals surface area contributed by atoms with E-state index < -0.39 is 0 Å². The van der Waals surface area contributed by atoms with Crippen LogP contribution < -0.4 is 15.9 Å². The molecule has 4 heterocycles. The Balaban J connectivity index is 1.79. The van der Waals surface area contributed by atoms with E-state index in [1.54, 1.807) is 0 Å². The van der Waals surface area contributed by atoms with E-state index in [4.69, 9.17) is 0 Å². The van der Waals surface area contributed by atoms with E-state index in [1.807, 2.05) is 13.0 Å². The fraction of sp³-hybridized carbons (Fsp3) is 0.615. The minimum absolute atomic E-state index is 0.226. The maximum absolute atomic E-state index is 11.7. The molecular formula is C13H18N6O. The Morgan fingerprint density at radius 2 is 2.30 bits per heavy atom. The van der Waals surface area contributed by atoms with Gasteiger partial charge in [-0.05, 0) is 25.7 Å². The molecule has 2 fully saturated rings. The predicted octanol–water partition coefficient (Wildman–Crippen LogP) is -0.0858. The van der Waals surface area contributed by atoms with Crippen LogP contribution >= 0.6 is 0 Å². The number of aromatic amines is 1. The molecule has 2 aromatic heterocycles. The molecule has 106 valence electrons. The smallest absolute Gasteiger partial charge is 0.349 e. The lowest BCUT2D eigenvalue weighted by atomic mass is 9.92. The third kappa shape index (κ3) is 1.66. The standard InChI is InChI=1S/C13H18N6O/c1-8-15-11(5-12-16-17-13(20)19(8)12)18-4-2-3-9-6-14-7-10(9)18/h5,9-10,14H,2-4,6-7H2,1H3,(H,17,20). The zero-order valence-corrected chi connectivity index (χ0v) is 11.5. The molecule has 0 radical (unpaired) electrons. The van der Waals surface area contributed by atoms with Gasteiger partial charge in [-0.2, -0.15) is 5.10 Å². The van der Waals surface area contributed by atoms with Gasteiger partial charge < -0.3 is 10.2 Å². The van der Waals surface area contributed by atoms with Crippen LogP contribution in [0.5, 0.6) is 0 Å². The number of nitrogens with zero attached hydrogens (tertiary/aromatic N) is 4. The van der Waals surface area contributed by atoms with Gasteiger partial charge in [-0.3, -0.25) is 0 Å². The largest absolute Gasteiger partial charge is 0.352 e. The predicted molar refractivity (Wildman–Crippen MR) is 75.1 cm³/mol. The summed E-state index contributed by atoms with van der Waals surface area (Å²) in [4.78, 5) is 18.6. The molecular weight excluding hydrogens is 256 g/mol. The van der Waals surface area contributed by atoms with Crippen LogP contribution in [0.15, 0.2) is 10.9 Å². The molecule has 7 heteroatoms. The van der Waals surface area contributed by atoms with Crippen LogP contribution in [0, 0.1) is 12.8 Å². The number of anilines is 1. The second-order valence-corrected chi connectivity index (χ2v) is 5.71. The lowest BCUT2D eigenvalue weighted by molar-refractivity contribution is 0.383. The Morgan fingerprint density at radius 3 is 3.20 bits per heavy atom. The van der Waals surface area contributed by atoms with Gasteiger partial charge in [0, 0.05) is 31.7 Å². The molecule has 20 heavy (non-hydrogen) atoms. The van der Waals surface area contributed by atoms with Gasteiger partial charge in [0.15, 0.2) is 5.65 Å². The maximum atomic E-state index is 11.7. The zero-order valence-electron chi connectivity index (χ0n) is 11.5. The summed E-state index contributed by atoms with van der Waals surface area (Å²) in [6.07, 6.45) is 2.49. The van der Waals surface area contributed by atoms with Gasteiger partial charge in [0.25, 0.3) is 0 Å². The number of fused-ring (bicyclic) bond motifs is 2. The normalized spacial score (nSPS) is 26.1. The van der Waals surface area contributed by atoms with E-state index >= 15 is 0 Å². The lowest BCUT2D eigenvalue weighted by Crippen LogP contribution is -2.45. The van der Waals surface area contributed by atoms with Crippen LogP contribution in [0.2, 0.25) is 0 Å². The minimum Gasteiger partial charge on any atom is -0.352 e. The van der Waals surface area contributed by atoms with Crippen molar-refractivity contribution in [2.75, 3.05) is 24.5 Å². The highest BCUT2D eigenvalue weighted by Crippen LogP contribution is 2.30. The molecule has 7 nitrogen and oxygen atoms in total. The first kappa shape index (κ1) is 11.9. The van der Waals surface area contributed by atoms with Crippen molar-refractivity contribution in [3.63, 3.8) is 0 Å². The van der Waals surface area contributed by atoms with Crippen LogP contribution in [0.3, 0.4) is 0 Å². The number of hydrogen-bond acceptors (Lipinski definition) is 5. The molecule has 0 amide bonds. The van der Waals surface area contributed by atoms with E-state index in [9.17, 15) is 4.79 Å². The molecule has 2 atom stereocenters. The van der Waals surface area contributed by atoms with Gasteiger partial charge in [0.2, 0.25) is 0 Å². The average molecular weight is 274 g/mol. The summed E-state index contributed by atoms with van der Waals surface area (Å²) >= 11 is 0. The van der Waals surface area contributed by atoms with Gasteiger partial charge in [-0.25, -0.2) is 19.3 Å². The third-order valence-corrected chi connectivity index (χ3v) is 4.53. The molecule has 2 aromatic rings. The van der Waals surface area contributed by atoms with Crippen molar-refractivity contribution in [2.24, 2.45) is 5.92 Å². The SMILES string of the molecule is Cc1nc(N2CCCC3CNCC32)cc2n[nH]c(=O)n12. The summed E-state index contributed by atoms with van der Waals surface area (Å²) in [6, 6.07) is 2.43. The number of hydrogen-bond donors (Lipinski definition) is 2. The number of rotatable bonds is 1. The van der Waals surface area contributed by atoms with E-state index in [1.165, 1.54) is 17.2 Å². The highest BCUT2D eigenvalue weighted by atomic mass is 16.1. The molecule has 2 unspecified atom stereocenters. The van der Waals surface area contributed by atoms with Gasteiger partial charge in [0.05, 0.1) is 0 Å². The van der Waals surface area contributed by atoms with Gasteiger partial charge in [-0.15, -0.1) is 0 Å². The number of aryl methyl sites for hydroxylation is 1. The zero-order chi connectivity index (χ0) is 13.7. The second-order valence-electron chi connectivity index (χ2n) is 5.71. The topological polar surface area (TPSA) is 78.3 Å². The fourth-order valence-corrected chi connectivity index (χ4v) is 3.58. The van der Waals surface area contributed by atoms with Gasteiger partial charge in [0.1, 0.15) is 11.6 Å². The minimum atomic E-state index is -0.226. The second kappa shape index (κ2) is 4.31. The van der Waals surface area contributed by atoms with Crippen molar-refractivity contribution in [3.05, 3.63) is 22.4 Å². The van der Waals surface area contributed by atoms with E-state index in [-0.39, 0.29) is 5.69 Å². The first-order valence-electron chi connectivity index (χ1n) is 7.16. The summed E-state index contributed by atoms with van der Waals surface area (Å²) < 4.78 is 1.51. The van der Waals surface area contributed by atoms with E-state index in [2.05, 4.69) is 25.4 Å². The van der Waals surface area contributed by atoms with Crippen molar-refractivity contribution in [1.29, 1.82) is 0 Å². The Labute approximate surface area is 116 Å². The van der Waals surface area contributed by atoms with Crippen molar-refractivity contribution in [2.45, 2.75) is 25.8 Å². The van der Waals surface area contributed by atoms with Crippen molar-refractivity contribution < 1.29 is 0 Å². The molecule has 2 saturated heterocycles. The van der Waals surface area contributed by atoms with Crippen LogP contribution in [-0.2, 0) is 0 Å². The monoisotopic (exact) mass is 274 g/mol. The maximum Gasteiger partial charge on any atom is 0.349 e. The first-order valence-corrected chi connectivity index (χ1v) is 7.16. The average Bonchev–Trinajstić information content (AvgIpc) is 3.05. The highest BCUT2D eigenvalue weighted by Gasteiger charge is 2.35.